The minimum Gasteiger partial charge on any atom is -0.125 e. The van der Waals surface area contributed by atoms with Gasteiger partial charge in [0.2, 0.25) is 0 Å². The van der Waals surface area contributed by atoms with Gasteiger partial charge in [0.05, 0.1) is 0 Å². The Hall–Kier alpha value is -6.09. The van der Waals surface area contributed by atoms with Crippen molar-refractivity contribution < 1.29 is 0 Å². The van der Waals surface area contributed by atoms with Crippen molar-refractivity contribution in [1.29, 1.82) is 0 Å². The molecule has 2 atom stereocenters. The van der Waals surface area contributed by atoms with Gasteiger partial charge in [-0.25, -0.2) is 0 Å². The number of benzene rings is 8. The van der Waals surface area contributed by atoms with Gasteiger partial charge in [0.15, 0.2) is 0 Å². The van der Waals surface area contributed by atoms with Crippen LogP contribution in [-0.2, 0) is 0 Å². The molecular weight excluding hydrogens is 1190 g/mol. The SMILES string of the molecule is Cc1cc2ccc(C#C[Si](C(C)C)(C(C)C)C(C)C)cc2cc1[C@H]1c2cc3cc(C#C[Si](C(C)C)(C(C)C)C(C)C)ccc3cc2C(C)C2c3cc4ccc(C#C[Si](C(C)C)(C(C)C)C(C)C)cc4cc3C1c1cc3cc(C#C[Si](C(C)C)(C(C)C)C(C)C)ccc3cc12. The molecule has 3 aliphatic carbocycles. The Kier molecular flexibility index (Phi) is 20.4. The summed E-state index contributed by atoms with van der Waals surface area (Å²) in [5.74, 6) is 15.8. The van der Waals surface area contributed by atoms with Crippen molar-refractivity contribution in [3.05, 3.63) is 188 Å². The molecule has 0 heterocycles. The number of rotatable bonds is 13. The van der Waals surface area contributed by atoms with Crippen LogP contribution in [0.2, 0.25) is 66.5 Å². The summed E-state index contributed by atoms with van der Waals surface area (Å²) in [5.41, 5.74) is 39.0. The first-order valence-corrected chi connectivity index (χ1v) is 45.6. The topological polar surface area (TPSA) is 0 Å². The van der Waals surface area contributed by atoms with Crippen molar-refractivity contribution in [2.45, 2.75) is 270 Å². The molecule has 8 aromatic carbocycles. The third-order valence-electron chi connectivity index (χ3n) is 24.8. The molecule has 1 unspecified atom stereocenters. The first-order valence-electron chi connectivity index (χ1n) is 36.7. The van der Waals surface area contributed by atoms with Gasteiger partial charge in [0, 0.05) is 40.0 Å². The van der Waals surface area contributed by atoms with Crippen LogP contribution < -0.4 is 0 Å². The van der Waals surface area contributed by atoms with Crippen LogP contribution in [-0.4, -0.2) is 32.3 Å². The number of hydrogen-bond acceptors (Lipinski definition) is 0. The molecule has 0 spiro atoms. The Labute approximate surface area is 575 Å². The summed E-state index contributed by atoms with van der Waals surface area (Å²) in [7, 11) is -7.98. The maximum Gasteiger partial charge on any atom is 0.146 e. The molecule has 11 rings (SSSR count). The first-order chi connectivity index (χ1) is 44.3. The predicted octanol–water partition coefficient (Wildman–Crippen LogP) is 26.4. The fourth-order valence-electron chi connectivity index (χ4n) is 20.2. The molecule has 3 aliphatic rings. The van der Waals surface area contributed by atoms with E-state index in [1.54, 1.807) is 0 Å². The smallest absolute Gasteiger partial charge is 0.125 e. The third-order valence-corrected chi connectivity index (χ3v) is 50.0. The summed E-state index contributed by atoms with van der Waals surface area (Å²) < 4.78 is 0. The summed E-state index contributed by atoms with van der Waals surface area (Å²) in [6.45, 7) is 63.2. The normalized spacial score (nSPS) is 16.8. The highest BCUT2D eigenvalue weighted by Gasteiger charge is 2.48. The Morgan fingerprint density at radius 3 is 0.702 bits per heavy atom. The zero-order valence-electron chi connectivity index (χ0n) is 62.8. The minimum atomic E-state index is -2.00. The lowest BCUT2D eigenvalue weighted by Crippen LogP contribution is -2.43. The van der Waals surface area contributed by atoms with Crippen LogP contribution in [0.5, 0.6) is 0 Å². The van der Waals surface area contributed by atoms with Crippen LogP contribution in [0, 0.1) is 52.8 Å². The van der Waals surface area contributed by atoms with Gasteiger partial charge >= 0.3 is 0 Å². The summed E-state index contributed by atoms with van der Waals surface area (Å²) in [6, 6.07) is 49.3. The Morgan fingerprint density at radius 1 is 0.234 bits per heavy atom. The Balaban J connectivity index is 1.31. The lowest BCUT2D eigenvalue weighted by atomic mass is 9.57. The molecule has 8 aromatic rings. The fourth-order valence-corrected chi connectivity index (χ4v) is 41.1. The molecule has 94 heavy (non-hydrogen) atoms. The summed E-state index contributed by atoms with van der Waals surface area (Å²) in [5, 5.41) is 10.2. The minimum absolute atomic E-state index is 0.0272. The maximum atomic E-state index is 4.11. The standard InChI is InChI=1S/C90H114Si4/c1-55(2)91(56(3)4,57(5)6)39-35-69-27-31-73-43-67(25)81(51-77(73)44-69)89-83-52-78-45-70(36-40-92(58(7)8,59(9)10)60(11)12)28-32-74(78)48-82(83)68(26)88-84-49-75-33-29-71(37-41-93(61(13)14,62(15)16)63(17)18)46-79(75)53-86(84)90(89)87-54-80-47-72(30-34-76(80)50-85(87)88)38-42-94(64(19)20,65(21)22)66(23)24/h27-34,43-66,68,88-90H,1-26H3/t68?,88?,89-,90?/m0/s1. The first kappa shape index (κ1) is 70.7. The van der Waals surface area contributed by atoms with Crippen molar-refractivity contribution in [3.63, 3.8) is 0 Å². The highest BCUT2D eigenvalue weighted by molar-refractivity contribution is 6.92. The third kappa shape index (κ3) is 12.1. The van der Waals surface area contributed by atoms with Crippen LogP contribution in [0.1, 0.15) is 264 Å². The van der Waals surface area contributed by atoms with Crippen molar-refractivity contribution in [2.24, 2.45) is 0 Å². The van der Waals surface area contributed by atoms with Gasteiger partial charge < -0.3 is 0 Å². The van der Waals surface area contributed by atoms with Gasteiger partial charge in [-0.2, -0.15) is 0 Å². The molecule has 4 heteroatoms. The molecule has 0 radical (unpaired) electrons. The molecule has 0 N–H and O–H groups in total. The molecule has 2 bridgehead atoms. The monoisotopic (exact) mass is 1310 g/mol. The highest BCUT2D eigenvalue weighted by atomic mass is 28.3. The lowest BCUT2D eigenvalue weighted by molar-refractivity contribution is 0.551. The predicted molar refractivity (Wildman–Crippen MR) is 426 cm³/mol. The second-order valence-electron chi connectivity index (χ2n) is 33.2. The fraction of sp³-hybridized carbons (Fsp3) is 0.467. The van der Waals surface area contributed by atoms with E-state index in [-0.39, 0.29) is 23.7 Å². The molecule has 0 nitrogen and oxygen atoms in total. The molecule has 0 saturated carbocycles. The molecule has 0 aliphatic heterocycles. The second-order valence-corrected chi connectivity index (χ2v) is 55.5. The van der Waals surface area contributed by atoms with E-state index in [1.165, 1.54) is 87.6 Å². The lowest BCUT2D eigenvalue weighted by Gasteiger charge is -2.45. The van der Waals surface area contributed by atoms with E-state index in [1.807, 2.05) is 0 Å². The van der Waals surface area contributed by atoms with E-state index in [4.69, 9.17) is 0 Å². The van der Waals surface area contributed by atoms with Gasteiger partial charge in [0.25, 0.3) is 0 Å². The molecule has 0 fully saturated rings. The number of hydrogen-bond donors (Lipinski definition) is 0. The summed E-state index contributed by atoms with van der Waals surface area (Å²) in [4.78, 5) is 0. The van der Waals surface area contributed by atoms with Gasteiger partial charge in [-0.05, 0) is 215 Å². The molecular formula is C90H114Si4. The zero-order chi connectivity index (χ0) is 68.6. The zero-order valence-corrected chi connectivity index (χ0v) is 66.8. The Morgan fingerprint density at radius 2 is 0.436 bits per heavy atom. The summed E-state index contributed by atoms with van der Waals surface area (Å²) >= 11 is 0. The quantitative estimate of drug-likeness (QED) is 0.0797. The molecule has 490 valence electrons. The van der Waals surface area contributed by atoms with Gasteiger partial charge in [-0.1, -0.05) is 270 Å². The molecule has 0 amide bonds. The van der Waals surface area contributed by atoms with E-state index >= 15 is 0 Å². The van der Waals surface area contributed by atoms with Crippen LogP contribution in [0.15, 0.2) is 121 Å². The average Bonchev–Trinajstić information content (AvgIpc) is 0.697. The van der Waals surface area contributed by atoms with Gasteiger partial charge in [0.1, 0.15) is 32.3 Å². The molecule has 0 aromatic heterocycles. The van der Waals surface area contributed by atoms with Gasteiger partial charge in [-0.15, -0.1) is 22.2 Å². The van der Waals surface area contributed by atoms with E-state index in [0.717, 1.165) is 22.3 Å². The van der Waals surface area contributed by atoms with E-state index in [0.29, 0.717) is 66.5 Å². The maximum absolute atomic E-state index is 4.11. The second kappa shape index (κ2) is 27.1. The van der Waals surface area contributed by atoms with Crippen LogP contribution in [0.25, 0.3) is 43.1 Å². The van der Waals surface area contributed by atoms with Crippen molar-refractivity contribution in [3.8, 4) is 45.9 Å². The average molecular weight is 1310 g/mol. The van der Waals surface area contributed by atoms with Gasteiger partial charge in [-0.3, -0.25) is 0 Å². The summed E-state index contributed by atoms with van der Waals surface area (Å²) in [6.07, 6.45) is 0. The number of fused-ring (bicyclic) bond motifs is 4. The molecule has 0 saturated heterocycles. The van der Waals surface area contributed by atoms with E-state index < -0.39 is 32.3 Å². The highest BCUT2D eigenvalue weighted by Crippen LogP contribution is 2.61. The number of aryl methyl sites for hydroxylation is 1. The van der Waals surface area contributed by atoms with E-state index in [9.17, 15) is 0 Å². The van der Waals surface area contributed by atoms with Crippen molar-refractivity contribution >= 4 is 75.4 Å². The Bertz CT molecular complexity index is 4240. The van der Waals surface area contributed by atoms with Crippen molar-refractivity contribution in [2.75, 3.05) is 0 Å². The van der Waals surface area contributed by atoms with E-state index in [2.05, 4.69) is 347 Å². The van der Waals surface area contributed by atoms with Crippen LogP contribution in [0.3, 0.4) is 0 Å². The largest absolute Gasteiger partial charge is 0.146 e. The van der Waals surface area contributed by atoms with Crippen LogP contribution >= 0.6 is 0 Å². The van der Waals surface area contributed by atoms with Crippen LogP contribution in [0.4, 0.5) is 0 Å². The van der Waals surface area contributed by atoms with Crippen molar-refractivity contribution in [1.82, 2.24) is 0 Å².